The number of hydrogen-bond donors (Lipinski definition) is 2. The summed E-state index contributed by atoms with van der Waals surface area (Å²) in [5.41, 5.74) is 1.81. The fourth-order valence-corrected chi connectivity index (χ4v) is 2.83. The van der Waals surface area contributed by atoms with Gasteiger partial charge in [-0.3, -0.25) is 9.59 Å². The van der Waals surface area contributed by atoms with Gasteiger partial charge >= 0.3 is 0 Å². The SMILES string of the molecule is CC(NC(=O)c1cccs1)c1ccc(NC(=O)C2CC2)cc1. The van der Waals surface area contributed by atoms with Gasteiger partial charge in [-0.2, -0.15) is 0 Å². The first-order valence-corrected chi connectivity index (χ1v) is 8.26. The van der Waals surface area contributed by atoms with Crippen molar-refractivity contribution in [1.82, 2.24) is 5.32 Å². The monoisotopic (exact) mass is 314 g/mol. The maximum atomic E-state index is 12.0. The van der Waals surface area contributed by atoms with Gasteiger partial charge in [0.1, 0.15) is 0 Å². The number of benzene rings is 1. The van der Waals surface area contributed by atoms with Crippen LogP contribution in [0.3, 0.4) is 0 Å². The summed E-state index contributed by atoms with van der Waals surface area (Å²) in [5, 5.41) is 7.77. The summed E-state index contributed by atoms with van der Waals surface area (Å²) in [4.78, 5) is 24.4. The van der Waals surface area contributed by atoms with Crippen molar-refractivity contribution in [3.8, 4) is 0 Å². The van der Waals surface area contributed by atoms with E-state index in [1.54, 1.807) is 0 Å². The van der Waals surface area contributed by atoms with Crippen LogP contribution < -0.4 is 10.6 Å². The maximum Gasteiger partial charge on any atom is 0.261 e. The summed E-state index contributed by atoms with van der Waals surface area (Å²) < 4.78 is 0. The maximum absolute atomic E-state index is 12.0. The van der Waals surface area contributed by atoms with Gasteiger partial charge in [-0.25, -0.2) is 0 Å². The molecule has 1 aromatic carbocycles. The van der Waals surface area contributed by atoms with E-state index in [0.29, 0.717) is 4.88 Å². The molecule has 3 rings (SSSR count). The number of rotatable bonds is 5. The van der Waals surface area contributed by atoms with Gasteiger partial charge in [0, 0.05) is 11.6 Å². The lowest BCUT2D eigenvalue weighted by molar-refractivity contribution is -0.117. The Morgan fingerprint density at radius 2 is 1.91 bits per heavy atom. The number of carbonyl (C=O) groups excluding carboxylic acids is 2. The molecular weight excluding hydrogens is 296 g/mol. The number of anilines is 1. The molecule has 1 saturated carbocycles. The van der Waals surface area contributed by atoms with E-state index in [1.165, 1.54) is 11.3 Å². The van der Waals surface area contributed by atoms with Gasteiger partial charge in [-0.05, 0) is 48.9 Å². The zero-order valence-corrected chi connectivity index (χ0v) is 13.2. The zero-order valence-electron chi connectivity index (χ0n) is 12.3. The fourth-order valence-electron chi connectivity index (χ4n) is 2.20. The van der Waals surface area contributed by atoms with Crippen molar-refractivity contribution >= 4 is 28.8 Å². The van der Waals surface area contributed by atoms with Gasteiger partial charge in [0.2, 0.25) is 5.91 Å². The number of carbonyl (C=O) groups is 2. The van der Waals surface area contributed by atoms with E-state index in [-0.39, 0.29) is 23.8 Å². The highest BCUT2D eigenvalue weighted by atomic mass is 32.1. The second kappa shape index (κ2) is 6.32. The molecule has 1 heterocycles. The summed E-state index contributed by atoms with van der Waals surface area (Å²) in [6.45, 7) is 1.95. The number of hydrogen-bond acceptors (Lipinski definition) is 3. The average Bonchev–Trinajstić information content (AvgIpc) is 3.22. The van der Waals surface area contributed by atoms with E-state index in [2.05, 4.69) is 10.6 Å². The van der Waals surface area contributed by atoms with E-state index in [1.807, 2.05) is 48.7 Å². The summed E-state index contributed by atoms with van der Waals surface area (Å²) in [6.07, 6.45) is 1.99. The zero-order chi connectivity index (χ0) is 15.5. The molecule has 4 nitrogen and oxygen atoms in total. The quantitative estimate of drug-likeness (QED) is 0.886. The van der Waals surface area contributed by atoms with E-state index in [4.69, 9.17) is 0 Å². The minimum absolute atomic E-state index is 0.0615. The molecule has 22 heavy (non-hydrogen) atoms. The third-order valence-corrected chi connectivity index (χ3v) is 4.59. The van der Waals surface area contributed by atoms with Crippen LogP contribution in [0.5, 0.6) is 0 Å². The molecule has 0 aliphatic heterocycles. The standard InChI is InChI=1S/C17H18N2O2S/c1-11(18-17(21)15-3-2-10-22-15)12-6-8-14(9-7-12)19-16(20)13-4-5-13/h2-3,6-11,13H,4-5H2,1H3,(H,18,21)(H,19,20). The molecule has 1 aliphatic rings. The Morgan fingerprint density at radius 1 is 1.18 bits per heavy atom. The highest BCUT2D eigenvalue weighted by Gasteiger charge is 2.29. The lowest BCUT2D eigenvalue weighted by Crippen LogP contribution is -2.25. The molecule has 114 valence electrons. The van der Waals surface area contributed by atoms with E-state index in [9.17, 15) is 9.59 Å². The number of amides is 2. The van der Waals surface area contributed by atoms with Crippen LogP contribution >= 0.6 is 11.3 Å². The molecule has 5 heteroatoms. The molecular formula is C17H18N2O2S. The first kappa shape index (κ1) is 14.8. The van der Waals surface area contributed by atoms with Crippen LogP contribution in [0.25, 0.3) is 0 Å². The molecule has 0 saturated heterocycles. The molecule has 0 spiro atoms. The van der Waals surface area contributed by atoms with Crippen molar-refractivity contribution in [2.75, 3.05) is 5.32 Å². The highest BCUT2D eigenvalue weighted by Crippen LogP contribution is 2.30. The number of nitrogens with one attached hydrogen (secondary N) is 2. The Hall–Kier alpha value is -2.14. The van der Waals surface area contributed by atoms with E-state index in [0.717, 1.165) is 24.1 Å². The second-order valence-electron chi connectivity index (χ2n) is 5.56. The van der Waals surface area contributed by atoms with Gasteiger partial charge in [0.25, 0.3) is 5.91 Å². The Morgan fingerprint density at radius 3 is 2.50 bits per heavy atom. The first-order valence-electron chi connectivity index (χ1n) is 7.38. The van der Waals surface area contributed by atoms with Gasteiger partial charge in [-0.1, -0.05) is 18.2 Å². The van der Waals surface area contributed by atoms with Crippen molar-refractivity contribution in [2.45, 2.75) is 25.8 Å². The van der Waals surface area contributed by atoms with Crippen LogP contribution in [-0.2, 0) is 4.79 Å². The summed E-state index contributed by atoms with van der Waals surface area (Å²) in [6, 6.07) is 11.2. The Bertz CT molecular complexity index is 660. The van der Waals surface area contributed by atoms with Crippen molar-refractivity contribution in [1.29, 1.82) is 0 Å². The molecule has 0 bridgehead atoms. The lowest BCUT2D eigenvalue weighted by atomic mass is 10.1. The first-order chi connectivity index (χ1) is 10.6. The topological polar surface area (TPSA) is 58.2 Å². The van der Waals surface area contributed by atoms with Crippen LogP contribution in [0, 0.1) is 5.92 Å². The molecule has 1 aromatic heterocycles. The van der Waals surface area contributed by atoms with Gasteiger partial charge < -0.3 is 10.6 Å². The fraction of sp³-hybridized carbons (Fsp3) is 0.294. The summed E-state index contributed by atoms with van der Waals surface area (Å²) >= 11 is 1.43. The van der Waals surface area contributed by atoms with Crippen LogP contribution in [0.15, 0.2) is 41.8 Å². The van der Waals surface area contributed by atoms with Crippen LogP contribution in [0.4, 0.5) is 5.69 Å². The van der Waals surface area contributed by atoms with Crippen LogP contribution in [0.1, 0.15) is 41.0 Å². The second-order valence-corrected chi connectivity index (χ2v) is 6.51. The van der Waals surface area contributed by atoms with Crippen molar-refractivity contribution < 1.29 is 9.59 Å². The molecule has 2 N–H and O–H groups in total. The Labute approximate surface area is 133 Å². The van der Waals surface area contributed by atoms with Gasteiger partial charge in [0.15, 0.2) is 0 Å². The van der Waals surface area contributed by atoms with Crippen LogP contribution in [0.2, 0.25) is 0 Å². The van der Waals surface area contributed by atoms with Gasteiger partial charge in [-0.15, -0.1) is 11.3 Å². The third-order valence-electron chi connectivity index (χ3n) is 3.72. The van der Waals surface area contributed by atoms with Crippen molar-refractivity contribution in [3.63, 3.8) is 0 Å². The minimum Gasteiger partial charge on any atom is -0.345 e. The Balaban J connectivity index is 1.59. The van der Waals surface area contributed by atoms with E-state index >= 15 is 0 Å². The molecule has 2 amide bonds. The van der Waals surface area contributed by atoms with Gasteiger partial charge in [0.05, 0.1) is 10.9 Å². The molecule has 1 atom stereocenters. The third kappa shape index (κ3) is 3.54. The van der Waals surface area contributed by atoms with E-state index < -0.39 is 0 Å². The predicted molar refractivity (Wildman–Crippen MR) is 88.0 cm³/mol. The minimum atomic E-state index is -0.0808. The lowest BCUT2D eigenvalue weighted by Gasteiger charge is -2.14. The molecule has 1 fully saturated rings. The Kier molecular flexibility index (Phi) is 4.24. The predicted octanol–water partition coefficient (Wildman–Crippen LogP) is 3.59. The molecule has 1 unspecified atom stereocenters. The highest BCUT2D eigenvalue weighted by molar-refractivity contribution is 7.12. The normalized spacial score (nSPS) is 15.1. The van der Waals surface area contributed by atoms with Crippen molar-refractivity contribution in [3.05, 3.63) is 52.2 Å². The number of thiophene rings is 1. The summed E-state index contributed by atoms with van der Waals surface area (Å²) in [5.74, 6) is 0.240. The van der Waals surface area contributed by atoms with Crippen molar-refractivity contribution in [2.24, 2.45) is 5.92 Å². The molecule has 0 radical (unpaired) electrons. The average molecular weight is 314 g/mol. The van der Waals surface area contributed by atoms with Crippen LogP contribution in [-0.4, -0.2) is 11.8 Å². The summed E-state index contributed by atoms with van der Waals surface area (Å²) in [7, 11) is 0. The molecule has 2 aromatic rings. The largest absolute Gasteiger partial charge is 0.345 e. The smallest absolute Gasteiger partial charge is 0.261 e. The molecule has 1 aliphatic carbocycles.